The maximum Gasteiger partial charge on any atom is 0.339 e. The molecule has 19 heavy (non-hydrogen) atoms. The number of nitrogens with one attached hydrogen (secondary N) is 1. The van der Waals surface area contributed by atoms with Crippen molar-refractivity contribution in [2.75, 3.05) is 5.32 Å². The van der Waals surface area contributed by atoms with Crippen molar-refractivity contribution < 1.29 is 9.90 Å². The number of rotatable bonds is 4. The molecule has 0 saturated carbocycles. The van der Waals surface area contributed by atoms with Gasteiger partial charge in [0.15, 0.2) is 0 Å². The summed E-state index contributed by atoms with van der Waals surface area (Å²) >= 11 is 9.30. The summed E-state index contributed by atoms with van der Waals surface area (Å²) in [5.74, 6) is -1.04. The summed E-state index contributed by atoms with van der Waals surface area (Å²) in [5.41, 5.74) is 1.66. The number of carboxylic acid groups (broad SMARTS) is 1. The normalized spacial score (nSPS) is 10.2. The number of carboxylic acids is 1. The molecule has 3 nitrogen and oxygen atoms in total. The third-order valence-electron chi connectivity index (χ3n) is 2.60. The molecule has 0 heterocycles. The first-order valence-corrected chi connectivity index (χ1v) is 6.75. The number of carbonyl (C=O) groups is 1. The van der Waals surface area contributed by atoms with Gasteiger partial charge in [0.25, 0.3) is 0 Å². The van der Waals surface area contributed by atoms with Crippen molar-refractivity contribution in [1.82, 2.24) is 0 Å². The molecule has 0 amide bonds. The van der Waals surface area contributed by atoms with Crippen LogP contribution in [0.4, 0.5) is 5.69 Å². The minimum Gasteiger partial charge on any atom is -0.478 e. The molecule has 0 fully saturated rings. The molecule has 2 rings (SSSR count). The summed E-state index contributed by atoms with van der Waals surface area (Å²) < 4.78 is 0.983. The van der Waals surface area contributed by atoms with E-state index in [4.69, 9.17) is 16.7 Å². The Morgan fingerprint density at radius 3 is 2.68 bits per heavy atom. The molecule has 0 spiro atoms. The van der Waals surface area contributed by atoms with Crippen molar-refractivity contribution in [3.8, 4) is 0 Å². The topological polar surface area (TPSA) is 49.3 Å². The zero-order chi connectivity index (χ0) is 13.8. The van der Waals surface area contributed by atoms with Gasteiger partial charge in [-0.3, -0.25) is 0 Å². The third kappa shape index (κ3) is 3.49. The predicted octanol–water partition coefficient (Wildman–Crippen LogP) is 4.41. The molecule has 0 bridgehead atoms. The van der Waals surface area contributed by atoms with Gasteiger partial charge in [0.05, 0.1) is 10.7 Å². The smallest absolute Gasteiger partial charge is 0.339 e. The molecule has 98 valence electrons. The largest absolute Gasteiger partial charge is 0.478 e. The molecule has 0 saturated heterocycles. The molecule has 0 aromatic heterocycles. The standard InChI is InChI=1S/C14H11BrClNO2/c15-10-4-1-3-9(7-10)8-17-12-6-2-5-11(16)13(12)14(18)19/h1-7,17H,8H2,(H,18,19). The first-order chi connectivity index (χ1) is 9.08. The van der Waals surface area contributed by atoms with E-state index < -0.39 is 5.97 Å². The Labute approximate surface area is 124 Å². The summed E-state index contributed by atoms with van der Waals surface area (Å²) in [6.07, 6.45) is 0. The highest BCUT2D eigenvalue weighted by molar-refractivity contribution is 9.10. The number of hydrogen-bond donors (Lipinski definition) is 2. The third-order valence-corrected chi connectivity index (χ3v) is 3.41. The lowest BCUT2D eigenvalue weighted by molar-refractivity contribution is 0.0698. The Kier molecular flexibility index (Phi) is 4.45. The minimum absolute atomic E-state index is 0.0964. The van der Waals surface area contributed by atoms with E-state index in [0.29, 0.717) is 12.2 Å². The Hall–Kier alpha value is -1.52. The van der Waals surface area contributed by atoms with Crippen LogP contribution in [0, 0.1) is 0 Å². The van der Waals surface area contributed by atoms with Gasteiger partial charge in [-0.15, -0.1) is 0 Å². The summed E-state index contributed by atoms with van der Waals surface area (Å²) in [6, 6.07) is 12.8. The monoisotopic (exact) mass is 339 g/mol. The average molecular weight is 341 g/mol. The van der Waals surface area contributed by atoms with Gasteiger partial charge >= 0.3 is 5.97 Å². The lowest BCUT2D eigenvalue weighted by Crippen LogP contribution is -2.07. The number of aromatic carboxylic acids is 1. The quantitative estimate of drug-likeness (QED) is 0.866. The highest BCUT2D eigenvalue weighted by Crippen LogP contribution is 2.25. The fourth-order valence-electron chi connectivity index (χ4n) is 1.73. The van der Waals surface area contributed by atoms with Gasteiger partial charge in [-0.1, -0.05) is 45.7 Å². The van der Waals surface area contributed by atoms with Crippen LogP contribution in [0.5, 0.6) is 0 Å². The van der Waals surface area contributed by atoms with Crippen LogP contribution < -0.4 is 5.32 Å². The fraction of sp³-hybridized carbons (Fsp3) is 0.0714. The van der Waals surface area contributed by atoms with Crippen molar-refractivity contribution in [1.29, 1.82) is 0 Å². The Morgan fingerprint density at radius 2 is 2.00 bits per heavy atom. The zero-order valence-electron chi connectivity index (χ0n) is 9.86. The average Bonchev–Trinajstić information content (AvgIpc) is 2.36. The van der Waals surface area contributed by atoms with Gasteiger partial charge in [0.2, 0.25) is 0 Å². The van der Waals surface area contributed by atoms with Gasteiger partial charge in [-0.2, -0.15) is 0 Å². The highest BCUT2D eigenvalue weighted by atomic mass is 79.9. The molecular formula is C14H11BrClNO2. The molecule has 2 N–H and O–H groups in total. The van der Waals surface area contributed by atoms with Crippen LogP contribution in [-0.2, 0) is 6.54 Å². The van der Waals surface area contributed by atoms with Gasteiger partial charge in [0.1, 0.15) is 5.56 Å². The molecule has 2 aromatic carbocycles. The molecule has 2 aromatic rings. The van der Waals surface area contributed by atoms with Crippen LogP contribution in [0.15, 0.2) is 46.9 Å². The predicted molar refractivity (Wildman–Crippen MR) is 79.9 cm³/mol. The van der Waals surface area contributed by atoms with Crippen molar-refractivity contribution in [2.24, 2.45) is 0 Å². The summed E-state index contributed by atoms with van der Waals surface area (Å²) in [7, 11) is 0. The van der Waals surface area contributed by atoms with Gasteiger partial charge < -0.3 is 10.4 Å². The van der Waals surface area contributed by atoms with E-state index in [1.54, 1.807) is 18.2 Å². The summed E-state index contributed by atoms with van der Waals surface area (Å²) in [4.78, 5) is 11.2. The van der Waals surface area contributed by atoms with Crippen LogP contribution in [0.1, 0.15) is 15.9 Å². The molecule has 5 heteroatoms. The second-order valence-electron chi connectivity index (χ2n) is 3.95. The first-order valence-electron chi connectivity index (χ1n) is 5.58. The lowest BCUT2D eigenvalue weighted by atomic mass is 10.1. The van der Waals surface area contributed by atoms with Crippen LogP contribution in [0.3, 0.4) is 0 Å². The Balaban J connectivity index is 2.20. The highest BCUT2D eigenvalue weighted by Gasteiger charge is 2.13. The van der Waals surface area contributed by atoms with Crippen molar-refractivity contribution >= 4 is 39.2 Å². The van der Waals surface area contributed by atoms with Gasteiger partial charge in [-0.05, 0) is 29.8 Å². The Morgan fingerprint density at radius 1 is 1.26 bits per heavy atom. The molecule has 0 atom stereocenters. The van der Waals surface area contributed by atoms with Crippen LogP contribution in [0.25, 0.3) is 0 Å². The fourth-order valence-corrected chi connectivity index (χ4v) is 2.44. The zero-order valence-corrected chi connectivity index (χ0v) is 12.2. The molecule has 0 aliphatic heterocycles. The van der Waals surface area contributed by atoms with Crippen molar-refractivity contribution in [3.63, 3.8) is 0 Å². The van der Waals surface area contributed by atoms with Gasteiger partial charge in [0, 0.05) is 11.0 Å². The molecular weight excluding hydrogens is 330 g/mol. The van der Waals surface area contributed by atoms with E-state index in [1.165, 1.54) is 0 Å². The van der Waals surface area contributed by atoms with Crippen LogP contribution >= 0.6 is 27.5 Å². The maximum atomic E-state index is 11.2. The second kappa shape index (κ2) is 6.08. The molecule has 0 unspecified atom stereocenters. The van der Waals surface area contributed by atoms with Crippen molar-refractivity contribution in [3.05, 3.63) is 63.1 Å². The summed E-state index contributed by atoms with van der Waals surface area (Å²) in [6.45, 7) is 0.528. The van der Waals surface area contributed by atoms with E-state index in [0.717, 1.165) is 10.0 Å². The van der Waals surface area contributed by atoms with E-state index in [2.05, 4.69) is 21.2 Å². The van der Waals surface area contributed by atoms with E-state index in [1.807, 2.05) is 24.3 Å². The number of benzene rings is 2. The number of anilines is 1. The molecule has 0 aliphatic rings. The van der Waals surface area contributed by atoms with E-state index >= 15 is 0 Å². The number of hydrogen-bond acceptors (Lipinski definition) is 2. The SMILES string of the molecule is O=C(O)c1c(Cl)cccc1NCc1cccc(Br)c1. The molecule has 0 radical (unpaired) electrons. The first kappa shape index (κ1) is 13.9. The minimum atomic E-state index is -1.04. The summed E-state index contributed by atoms with van der Waals surface area (Å²) in [5, 5.41) is 12.5. The second-order valence-corrected chi connectivity index (χ2v) is 5.27. The lowest BCUT2D eigenvalue weighted by Gasteiger charge is -2.11. The van der Waals surface area contributed by atoms with Crippen LogP contribution in [-0.4, -0.2) is 11.1 Å². The van der Waals surface area contributed by atoms with E-state index in [9.17, 15) is 4.79 Å². The van der Waals surface area contributed by atoms with Gasteiger partial charge in [-0.25, -0.2) is 4.79 Å². The van der Waals surface area contributed by atoms with Crippen molar-refractivity contribution in [2.45, 2.75) is 6.54 Å². The number of halogens is 2. The maximum absolute atomic E-state index is 11.2. The van der Waals surface area contributed by atoms with Crippen LogP contribution in [0.2, 0.25) is 5.02 Å². The molecule has 0 aliphatic carbocycles. The van der Waals surface area contributed by atoms with E-state index in [-0.39, 0.29) is 10.6 Å². The Bertz CT molecular complexity index is 616.